The monoisotopic (exact) mass is 496 g/mol. The number of aromatic nitrogens is 4. The first-order valence-corrected chi connectivity index (χ1v) is 11.6. The van der Waals surface area contributed by atoms with Crippen LogP contribution in [-0.4, -0.2) is 65.8 Å². The quantitative estimate of drug-likeness (QED) is 0.393. The molecule has 1 aliphatic rings. The summed E-state index contributed by atoms with van der Waals surface area (Å²) in [6.07, 6.45) is 3.14. The highest BCUT2D eigenvalue weighted by Crippen LogP contribution is 2.36. The van der Waals surface area contributed by atoms with Crippen LogP contribution in [0.1, 0.15) is 12.1 Å². The Kier molecular flexibility index (Phi) is 6.55. The van der Waals surface area contributed by atoms with Gasteiger partial charge in [-0.3, -0.25) is 4.79 Å². The molecule has 36 heavy (non-hydrogen) atoms. The van der Waals surface area contributed by atoms with Gasteiger partial charge in [-0.15, -0.1) is 0 Å². The lowest BCUT2D eigenvalue weighted by molar-refractivity contribution is -0.648. The summed E-state index contributed by atoms with van der Waals surface area (Å²) in [4.78, 5) is 25.8. The van der Waals surface area contributed by atoms with Crippen LogP contribution in [0.3, 0.4) is 0 Å². The van der Waals surface area contributed by atoms with E-state index in [1.165, 1.54) is 13.3 Å². The number of ether oxygens (including phenoxy) is 4. The smallest absolute Gasteiger partial charge is 0.345 e. The van der Waals surface area contributed by atoms with E-state index in [2.05, 4.69) is 15.0 Å². The SMILES string of the molecule is COc1cc2c(Oc3cnc4[nH]c(C)cc4c3F)nc[n+](C)c2cc1OCCC(=O)N1CCOCC1. The number of nitrogens with zero attached hydrogens (tertiary/aromatic N) is 4. The number of H-pyrrole nitrogens is 1. The van der Waals surface area contributed by atoms with Crippen molar-refractivity contribution < 1.29 is 32.7 Å². The molecule has 3 aromatic heterocycles. The van der Waals surface area contributed by atoms with E-state index in [-0.39, 0.29) is 30.6 Å². The molecule has 0 aliphatic carbocycles. The van der Waals surface area contributed by atoms with Gasteiger partial charge >= 0.3 is 5.88 Å². The number of fused-ring (bicyclic) bond motifs is 2. The number of methoxy groups -OCH3 is 1. The number of pyridine rings is 1. The fourth-order valence-corrected chi connectivity index (χ4v) is 4.19. The summed E-state index contributed by atoms with van der Waals surface area (Å²) in [5, 5.41) is 0.939. The predicted molar refractivity (Wildman–Crippen MR) is 128 cm³/mol. The summed E-state index contributed by atoms with van der Waals surface area (Å²) in [6.45, 7) is 4.33. The van der Waals surface area contributed by atoms with Gasteiger partial charge in [-0.2, -0.15) is 0 Å². The van der Waals surface area contributed by atoms with Crippen molar-refractivity contribution in [2.24, 2.45) is 7.05 Å². The van der Waals surface area contributed by atoms with Crippen LogP contribution >= 0.6 is 0 Å². The fourth-order valence-electron chi connectivity index (χ4n) is 4.19. The number of benzene rings is 1. The van der Waals surface area contributed by atoms with Gasteiger partial charge in [-0.25, -0.2) is 13.9 Å². The number of hydrogen-bond donors (Lipinski definition) is 1. The van der Waals surface area contributed by atoms with Gasteiger partial charge < -0.3 is 28.8 Å². The summed E-state index contributed by atoms with van der Waals surface area (Å²) >= 11 is 0. The standard InChI is InChI=1S/C25H27FN5O5/c1-15-10-17-23(26)21(13-27-24(17)29-15)36-25-16-11-19(33-3)20(12-18(16)30(2)14-28-25)35-7-4-22(32)31-5-8-34-9-6-31/h10-14H,4-9H2,1-3H3,(H,27,29)/q+1. The van der Waals surface area contributed by atoms with E-state index in [4.69, 9.17) is 18.9 Å². The van der Waals surface area contributed by atoms with Crippen molar-refractivity contribution >= 4 is 27.8 Å². The molecule has 11 heteroatoms. The molecule has 1 N–H and O–H groups in total. The highest BCUT2D eigenvalue weighted by Gasteiger charge is 2.22. The second kappa shape index (κ2) is 9.94. The number of amides is 1. The van der Waals surface area contributed by atoms with E-state index in [1.807, 2.05) is 14.0 Å². The maximum absolute atomic E-state index is 15.1. The van der Waals surface area contributed by atoms with E-state index in [0.29, 0.717) is 54.2 Å². The average molecular weight is 497 g/mol. The summed E-state index contributed by atoms with van der Waals surface area (Å²) in [5.41, 5.74) is 1.97. The molecule has 188 valence electrons. The molecule has 1 amide bonds. The van der Waals surface area contributed by atoms with Crippen LogP contribution < -0.4 is 18.8 Å². The van der Waals surface area contributed by atoms with Gasteiger partial charge in [0.05, 0.1) is 52.0 Å². The van der Waals surface area contributed by atoms with Crippen molar-refractivity contribution in [1.82, 2.24) is 19.9 Å². The van der Waals surface area contributed by atoms with E-state index in [9.17, 15) is 4.79 Å². The number of carbonyl (C=O) groups is 1. The predicted octanol–water partition coefficient (Wildman–Crippen LogP) is 2.81. The van der Waals surface area contributed by atoms with Gasteiger partial charge in [0.25, 0.3) is 6.33 Å². The summed E-state index contributed by atoms with van der Waals surface area (Å²) < 4.78 is 39.5. The van der Waals surface area contributed by atoms with Crippen LogP contribution in [-0.2, 0) is 16.6 Å². The maximum atomic E-state index is 15.1. The van der Waals surface area contributed by atoms with Gasteiger partial charge in [-0.1, -0.05) is 0 Å². The Morgan fingerprint density at radius 1 is 1.17 bits per heavy atom. The Morgan fingerprint density at radius 3 is 2.75 bits per heavy atom. The Hall–Kier alpha value is -3.99. The number of aryl methyl sites for hydroxylation is 2. The Labute approximate surface area is 206 Å². The number of halogens is 1. The molecule has 5 rings (SSSR count). The highest BCUT2D eigenvalue weighted by atomic mass is 19.1. The molecule has 1 fully saturated rings. The zero-order valence-corrected chi connectivity index (χ0v) is 20.3. The third-order valence-corrected chi connectivity index (χ3v) is 6.08. The first kappa shape index (κ1) is 23.7. The fraction of sp³-hybridized carbons (Fsp3) is 0.360. The van der Waals surface area contributed by atoms with Crippen molar-refractivity contribution in [2.75, 3.05) is 40.0 Å². The van der Waals surface area contributed by atoms with Crippen LogP contribution in [0.4, 0.5) is 4.39 Å². The number of carbonyl (C=O) groups excluding carboxylic acids is 1. The maximum Gasteiger partial charge on any atom is 0.345 e. The number of nitrogens with one attached hydrogen (secondary N) is 1. The Balaban J connectivity index is 1.40. The van der Waals surface area contributed by atoms with Crippen molar-refractivity contribution in [3.05, 3.63) is 42.2 Å². The van der Waals surface area contributed by atoms with Gasteiger partial charge in [0.2, 0.25) is 5.91 Å². The van der Waals surface area contributed by atoms with E-state index >= 15 is 4.39 Å². The molecular weight excluding hydrogens is 469 g/mol. The summed E-state index contributed by atoms with van der Waals surface area (Å²) in [5.74, 6) is 0.574. The third-order valence-electron chi connectivity index (χ3n) is 6.08. The number of hydrogen-bond acceptors (Lipinski definition) is 7. The molecule has 10 nitrogen and oxygen atoms in total. The molecule has 0 unspecified atom stereocenters. The third kappa shape index (κ3) is 4.61. The minimum atomic E-state index is -0.524. The highest BCUT2D eigenvalue weighted by molar-refractivity contribution is 5.85. The molecule has 0 saturated carbocycles. The van der Waals surface area contributed by atoms with Gasteiger partial charge in [-0.05, 0) is 18.0 Å². The molecule has 0 bridgehead atoms. The minimum absolute atomic E-state index is 0.0220. The molecule has 1 saturated heterocycles. The van der Waals surface area contributed by atoms with Crippen LogP contribution in [0, 0.1) is 12.7 Å². The van der Waals surface area contributed by atoms with Crippen molar-refractivity contribution in [3.63, 3.8) is 0 Å². The molecule has 1 aliphatic heterocycles. The number of morpholine rings is 1. The molecule has 0 spiro atoms. The lowest BCUT2D eigenvalue weighted by Gasteiger charge is -2.26. The number of aromatic amines is 1. The minimum Gasteiger partial charge on any atom is -0.493 e. The average Bonchev–Trinajstić information content (AvgIpc) is 3.28. The zero-order valence-electron chi connectivity index (χ0n) is 20.3. The largest absolute Gasteiger partial charge is 0.493 e. The van der Waals surface area contributed by atoms with Crippen LogP contribution in [0.5, 0.6) is 23.1 Å². The van der Waals surface area contributed by atoms with Crippen molar-refractivity contribution in [2.45, 2.75) is 13.3 Å². The lowest BCUT2D eigenvalue weighted by atomic mass is 10.2. The van der Waals surface area contributed by atoms with Crippen LogP contribution in [0.15, 0.2) is 30.7 Å². The number of rotatable bonds is 7. The Morgan fingerprint density at radius 2 is 1.97 bits per heavy atom. The van der Waals surface area contributed by atoms with Gasteiger partial charge in [0.15, 0.2) is 23.1 Å². The lowest BCUT2D eigenvalue weighted by Crippen LogP contribution is -2.41. The summed E-state index contributed by atoms with van der Waals surface area (Å²) in [6, 6.07) is 5.19. The first-order valence-electron chi connectivity index (χ1n) is 11.6. The topological polar surface area (TPSA) is 103 Å². The molecule has 1 aromatic carbocycles. The van der Waals surface area contributed by atoms with Crippen molar-refractivity contribution in [1.29, 1.82) is 0 Å². The van der Waals surface area contributed by atoms with Crippen LogP contribution in [0.25, 0.3) is 21.9 Å². The van der Waals surface area contributed by atoms with E-state index in [0.717, 1.165) is 11.2 Å². The normalized spacial score (nSPS) is 13.8. The summed E-state index contributed by atoms with van der Waals surface area (Å²) in [7, 11) is 3.35. The second-order valence-electron chi connectivity index (χ2n) is 8.53. The van der Waals surface area contributed by atoms with Crippen LogP contribution in [0.2, 0.25) is 0 Å². The zero-order chi connectivity index (χ0) is 25.2. The van der Waals surface area contributed by atoms with E-state index < -0.39 is 5.82 Å². The van der Waals surface area contributed by atoms with Gasteiger partial charge in [0, 0.05) is 30.9 Å². The van der Waals surface area contributed by atoms with E-state index in [1.54, 1.807) is 34.0 Å². The van der Waals surface area contributed by atoms with Gasteiger partial charge in [0.1, 0.15) is 16.6 Å². The van der Waals surface area contributed by atoms with Crippen molar-refractivity contribution in [3.8, 4) is 23.1 Å². The molecule has 0 atom stereocenters. The molecule has 0 radical (unpaired) electrons. The second-order valence-corrected chi connectivity index (χ2v) is 8.53. The first-order chi connectivity index (χ1) is 17.4. The molecule has 4 heterocycles. The molecule has 4 aromatic rings. The molecular formula is C25H27FN5O5+. The Bertz CT molecular complexity index is 1430.